The quantitative estimate of drug-likeness (QED) is 0.637. The second-order valence-electron chi connectivity index (χ2n) is 7.04. The predicted molar refractivity (Wildman–Crippen MR) is 111 cm³/mol. The number of H-pyrrole nitrogens is 1. The first-order valence-corrected chi connectivity index (χ1v) is 9.37. The number of nitrogens with one attached hydrogen (secondary N) is 2. The number of hydrogen-bond donors (Lipinski definition) is 2. The fourth-order valence-corrected chi connectivity index (χ4v) is 3.75. The highest BCUT2D eigenvalue weighted by molar-refractivity contribution is 6.08. The molecular formula is C21H26N4O4. The molecule has 0 radical (unpaired) electrons. The second kappa shape index (κ2) is 8.48. The fraction of sp³-hybridized carbons (Fsp3) is 0.381. The predicted octanol–water partition coefficient (Wildman–Crippen LogP) is 2.49. The van der Waals surface area contributed by atoms with Crippen LogP contribution >= 0.6 is 0 Å². The summed E-state index contributed by atoms with van der Waals surface area (Å²) >= 11 is 0. The zero-order valence-electron chi connectivity index (χ0n) is 17.3. The number of aryl methyl sites for hydroxylation is 1. The van der Waals surface area contributed by atoms with E-state index in [-0.39, 0.29) is 24.1 Å². The lowest BCUT2D eigenvalue weighted by atomic mass is 10.1. The number of aromatic nitrogens is 3. The smallest absolute Gasteiger partial charge is 0.256 e. The van der Waals surface area contributed by atoms with Gasteiger partial charge in [-0.15, -0.1) is 0 Å². The van der Waals surface area contributed by atoms with E-state index in [4.69, 9.17) is 9.47 Å². The van der Waals surface area contributed by atoms with Crippen LogP contribution in [-0.2, 0) is 11.3 Å². The Kier molecular flexibility index (Phi) is 6.03. The molecule has 3 rings (SSSR count). The van der Waals surface area contributed by atoms with E-state index in [2.05, 4.69) is 19.9 Å². The van der Waals surface area contributed by atoms with Crippen LogP contribution in [0.4, 0.5) is 0 Å². The van der Waals surface area contributed by atoms with Crippen LogP contribution in [0.15, 0.2) is 29.3 Å². The third-order valence-electron chi connectivity index (χ3n) is 5.00. The summed E-state index contributed by atoms with van der Waals surface area (Å²) in [6.45, 7) is 6.29. The van der Waals surface area contributed by atoms with E-state index in [0.29, 0.717) is 29.2 Å². The SMILES string of the molecule is COCC(C)n1c(C)c(C(=O)NCc2c(OC)cc(C)[nH]c2=O)c2cnccc21. The van der Waals surface area contributed by atoms with E-state index >= 15 is 0 Å². The number of rotatable bonds is 7. The van der Waals surface area contributed by atoms with Crippen molar-refractivity contribution in [2.45, 2.75) is 33.4 Å². The summed E-state index contributed by atoms with van der Waals surface area (Å²) in [6, 6.07) is 3.67. The van der Waals surface area contributed by atoms with E-state index in [1.54, 1.807) is 32.5 Å². The van der Waals surface area contributed by atoms with Gasteiger partial charge in [0.15, 0.2) is 0 Å². The third kappa shape index (κ3) is 3.88. The van der Waals surface area contributed by atoms with Gasteiger partial charge in [0.25, 0.3) is 11.5 Å². The zero-order valence-corrected chi connectivity index (χ0v) is 17.3. The van der Waals surface area contributed by atoms with Crippen LogP contribution < -0.4 is 15.6 Å². The lowest BCUT2D eigenvalue weighted by Crippen LogP contribution is -2.28. The zero-order chi connectivity index (χ0) is 21.1. The standard InChI is InChI=1S/C21H26N4O4/c1-12-8-18(29-5)16(20(26)24-12)10-23-21(27)19-14(3)25(13(2)11-28-4)17-6-7-22-9-15(17)19/h6-9,13H,10-11H2,1-5H3,(H,23,27)(H,24,26). The number of carbonyl (C=O) groups is 1. The lowest BCUT2D eigenvalue weighted by molar-refractivity contribution is 0.0951. The van der Waals surface area contributed by atoms with Crippen molar-refractivity contribution in [1.82, 2.24) is 19.9 Å². The van der Waals surface area contributed by atoms with Crippen LogP contribution in [0.25, 0.3) is 10.9 Å². The minimum Gasteiger partial charge on any atom is -0.496 e. The van der Waals surface area contributed by atoms with Crippen LogP contribution in [-0.4, -0.2) is 41.3 Å². The first-order valence-electron chi connectivity index (χ1n) is 9.37. The summed E-state index contributed by atoms with van der Waals surface area (Å²) in [6.07, 6.45) is 3.39. The third-order valence-corrected chi connectivity index (χ3v) is 5.00. The number of ether oxygens (including phenoxy) is 2. The molecule has 0 aliphatic rings. The maximum absolute atomic E-state index is 13.1. The summed E-state index contributed by atoms with van der Waals surface area (Å²) in [5.41, 5.74) is 3.06. The largest absolute Gasteiger partial charge is 0.496 e. The van der Waals surface area contributed by atoms with Gasteiger partial charge in [-0.3, -0.25) is 14.6 Å². The van der Waals surface area contributed by atoms with Gasteiger partial charge in [0.1, 0.15) is 5.75 Å². The van der Waals surface area contributed by atoms with Gasteiger partial charge in [-0.05, 0) is 32.9 Å². The highest BCUT2D eigenvalue weighted by Gasteiger charge is 2.23. The number of aromatic amines is 1. The average Bonchev–Trinajstić information content (AvgIpc) is 2.98. The molecule has 1 atom stereocenters. The monoisotopic (exact) mass is 398 g/mol. The van der Waals surface area contributed by atoms with Gasteiger partial charge >= 0.3 is 0 Å². The fourth-order valence-electron chi connectivity index (χ4n) is 3.75. The first-order chi connectivity index (χ1) is 13.9. The van der Waals surface area contributed by atoms with E-state index in [0.717, 1.165) is 16.6 Å². The van der Waals surface area contributed by atoms with Gasteiger partial charge in [0.2, 0.25) is 0 Å². The molecule has 2 N–H and O–H groups in total. The van der Waals surface area contributed by atoms with Crippen molar-refractivity contribution in [3.63, 3.8) is 0 Å². The molecule has 0 saturated heterocycles. The van der Waals surface area contributed by atoms with Crippen LogP contribution in [0.1, 0.15) is 40.3 Å². The Morgan fingerprint density at radius 2 is 2.10 bits per heavy atom. The Hall–Kier alpha value is -3.13. The molecule has 0 bridgehead atoms. The minimum atomic E-state index is -0.281. The number of amides is 1. The topological polar surface area (TPSA) is 98.2 Å². The molecule has 3 heterocycles. The highest BCUT2D eigenvalue weighted by Crippen LogP contribution is 2.28. The van der Waals surface area contributed by atoms with Crippen molar-refractivity contribution >= 4 is 16.8 Å². The number of hydrogen-bond acceptors (Lipinski definition) is 5. The number of pyridine rings is 2. The van der Waals surface area contributed by atoms with Crippen molar-refractivity contribution in [3.8, 4) is 5.75 Å². The van der Waals surface area contributed by atoms with E-state index in [1.165, 1.54) is 7.11 Å². The molecule has 0 aromatic carbocycles. The van der Waals surface area contributed by atoms with Crippen LogP contribution in [0.5, 0.6) is 5.75 Å². The molecule has 8 nitrogen and oxygen atoms in total. The highest BCUT2D eigenvalue weighted by atomic mass is 16.5. The second-order valence-corrected chi connectivity index (χ2v) is 7.04. The molecule has 0 spiro atoms. The number of methoxy groups -OCH3 is 2. The molecule has 0 saturated carbocycles. The van der Waals surface area contributed by atoms with Crippen molar-refractivity contribution in [1.29, 1.82) is 0 Å². The van der Waals surface area contributed by atoms with Gasteiger partial charge in [0.05, 0.1) is 42.9 Å². The van der Waals surface area contributed by atoms with Gasteiger partial charge in [-0.25, -0.2) is 0 Å². The Balaban J connectivity index is 1.97. The molecule has 29 heavy (non-hydrogen) atoms. The normalized spacial score (nSPS) is 12.2. The Morgan fingerprint density at radius 3 is 2.79 bits per heavy atom. The summed E-state index contributed by atoms with van der Waals surface area (Å²) < 4.78 is 12.7. The number of fused-ring (bicyclic) bond motifs is 1. The molecule has 154 valence electrons. The van der Waals surface area contributed by atoms with Gasteiger partial charge in [-0.1, -0.05) is 0 Å². The van der Waals surface area contributed by atoms with Crippen LogP contribution in [0, 0.1) is 13.8 Å². The molecule has 0 fully saturated rings. The van der Waals surface area contributed by atoms with Crippen molar-refractivity contribution < 1.29 is 14.3 Å². The number of carbonyl (C=O) groups excluding carboxylic acids is 1. The lowest BCUT2D eigenvalue weighted by Gasteiger charge is -2.17. The average molecular weight is 398 g/mol. The minimum absolute atomic E-state index is 0.0477. The van der Waals surface area contributed by atoms with Crippen LogP contribution in [0.3, 0.4) is 0 Å². The molecule has 1 amide bonds. The van der Waals surface area contributed by atoms with Crippen molar-refractivity contribution in [3.05, 3.63) is 57.4 Å². The number of nitrogens with zero attached hydrogens (tertiary/aromatic N) is 2. The van der Waals surface area contributed by atoms with Crippen molar-refractivity contribution in [2.75, 3.05) is 20.8 Å². The molecular weight excluding hydrogens is 372 g/mol. The maximum Gasteiger partial charge on any atom is 0.256 e. The maximum atomic E-state index is 13.1. The molecule has 0 aliphatic carbocycles. The van der Waals surface area contributed by atoms with Gasteiger partial charge < -0.3 is 24.3 Å². The summed E-state index contributed by atoms with van der Waals surface area (Å²) in [5, 5.41) is 3.62. The molecule has 3 aromatic heterocycles. The van der Waals surface area contributed by atoms with Gasteiger partial charge in [0, 0.05) is 36.3 Å². The Morgan fingerprint density at radius 1 is 1.34 bits per heavy atom. The molecule has 8 heteroatoms. The van der Waals surface area contributed by atoms with Crippen molar-refractivity contribution in [2.24, 2.45) is 0 Å². The summed E-state index contributed by atoms with van der Waals surface area (Å²) in [5.74, 6) is 0.173. The molecule has 1 unspecified atom stereocenters. The van der Waals surface area contributed by atoms with Gasteiger partial charge in [-0.2, -0.15) is 0 Å². The Labute approximate surface area is 168 Å². The summed E-state index contributed by atoms with van der Waals surface area (Å²) in [4.78, 5) is 32.3. The Bertz CT molecular complexity index is 1100. The van der Waals surface area contributed by atoms with Crippen LogP contribution in [0.2, 0.25) is 0 Å². The van der Waals surface area contributed by atoms with E-state index in [1.807, 2.05) is 19.9 Å². The molecule has 3 aromatic rings. The summed E-state index contributed by atoms with van der Waals surface area (Å²) in [7, 11) is 3.15. The molecule has 0 aliphatic heterocycles. The van der Waals surface area contributed by atoms with E-state index in [9.17, 15) is 9.59 Å². The first kappa shape index (κ1) is 20.6. The van der Waals surface area contributed by atoms with E-state index < -0.39 is 0 Å².